The van der Waals surface area contributed by atoms with Gasteiger partial charge in [0, 0.05) is 3.58 Å². The highest BCUT2D eigenvalue weighted by molar-refractivity contribution is 14.1. The van der Waals surface area contributed by atoms with E-state index in [1.54, 1.807) is 0 Å². The van der Waals surface area contributed by atoms with Gasteiger partial charge in [-0.3, -0.25) is 0 Å². The van der Waals surface area contributed by atoms with E-state index in [0.29, 0.717) is 0 Å². The summed E-state index contributed by atoms with van der Waals surface area (Å²) in [6.07, 6.45) is 0.668. The second-order valence-electron chi connectivity index (χ2n) is 9.95. The van der Waals surface area contributed by atoms with Crippen LogP contribution in [0.5, 0.6) is 0 Å². The standard InChI is InChI=1S/C26H33IO3Si/c1-7-20-21(27)23(24-22(20)28-26(5,6)29-24)30-31(25(2,3)4,18-14-10-8-11-15-18)19-16-12-9-13-17-19/h8-17,22-24H,7H2,1-6H3/t22-,23+,24-/m0/s1. The molecule has 3 nitrogen and oxygen atoms in total. The largest absolute Gasteiger partial charge is 0.397 e. The third-order valence-corrected chi connectivity index (χ3v) is 12.7. The molecule has 31 heavy (non-hydrogen) atoms. The van der Waals surface area contributed by atoms with E-state index in [2.05, 4.69) is 111 Å². The third-order valence-electron chi connectivity index (χ3n) is 6.43. The maximum Gasteiger partial charge on any atom is 0.262 e. The molecule has 5 heteroatoms. The molecule has 1 aliphatic heterocycles. The molecule has 4 rings (SSSR count). The van der Waals surface area contributed by atoms with E-state index >= 15 is 0 Å². The van der Waals surface area contributed by atoms with Crippen LogP contribution >= 0.6 is 22.6 Å². The highest BCUT2D eigenvalue weighted by Crippen LogP contribution is 2.48. The Kier molecular flexibility index (Phi) is 6.29. The first-order valence-corrected chi connectivity index (χ1v) is 14.1. The van der Waals surface area contributed by atoms with Gasteiger partial charge in [0.15, 0.2) is 5.79 Å². The van der Waals surface area contributed by atoms with Crippen molar-refractivity contribution in [3.05, 3.63) is 69.8 Å². The van der Waals surface area contributed by atoms with Crippen molar-refractivity contribution in [2.75, 3.05) is 0 Å². The van der Waals surface area contributed by atoms with Gasteiger partial charge < -0.3 is 13.9 Å². The summed E-state index contributed by atoms with van der Waals surface area (Å²) in [6.45, 7) is 13.2. The van der Waals surface area contributed by atoms with Gasteiger partial charge >= 0.3 is 0 Å². The lowest BCUT2D eigenvalue weighted by Crippen LogP contribution is -2.68. The highest BCUT2D eigenvalue weighted by atomic mass is 127. The Morgan fingerprint density at radius 3 is 1.90 bits per heavy atom. The van der Waals surface area contributed by atoms with Crippen LogP contribution in [0.15, 0.2) is 69.8 Å². The molecular formula is C26H33IO3Si. The first-order chi connectivity index (χ1) is 14.6. The minimum absolute atomic E-state index is 0.0323. The Hall–Kier alpha value is -0.993. The van der Waals surface area contributed by atoms with Crippen molar-refractivity contribution in [2.45, 2.75) is 77.1 Å². The zero-order chi connectivity index (χ0) is 22.4. The number of hydrogen-bond acceptors (Lipinski definition) is 3. The van der Waals surface area contributed by atoms with Gasteiger partial charge in [0.05, 0.1) is 0 Å². The van der Waals surface area contributed by atoms with Gasteiger partial charge in [0.1, 0.15) is 18.3 Å². The molecule has 0 unspecified atom stereocenters. The minimum atomic E-state index is -2.68. The SMILES string of the molecule is CCC1=C(I)[C@@H](O[Si](c2ccccc2)(c2ccccc2)C(C)(C)C)[C@H]2OC(C)(C)O[C@@H]12. The molecule has 1 saturated heterocycles. The molecule has 1 heterocycles. The normalized spacial score (nSPS) is 25.7. The van der Waals surface area contributed by atoms with Crippen molar-refractivity contribution < 1.29 is 13.9 Å². The second kappa shape index (κ2) is 8.41. The Labute approximate surface area is 201 Å². The number of fused-ring (bicyclic) bond motifs is 1. The van der Waals surface area contributed by atoms with Gasteiger partial charge in [-0.05, 0) is 63.8 Å². The van der Waals surface area contributed by atoms with E-state index in [1.165, 1.54) is 19.5 Å². The summed E-state index contributed by atoms with van der Waals surface area (Å²) in [7, 11) is -2.68. The number of rotatable bonds is 5. The zero-order valence-corrected chi connectivity index (χ0v) is 22.5. The van der Waals surface area contributed by atoms with Crippen molar-refractivity contribution in [1.82, 2.24) is 0 Å². The van der Waals surface area contributed by atoms with E-state index in [4.69, 9.17) is 13.9 Å². The second-order valence-corrected chi connectivity index (χ2v) is 15.4. The molecule has 0 spiro atoms. The predicted molar refractivity (Wildman–Crippen MR) is 138 cm³/mol. The predicted octanol–water partition coefficient (Wildman–Crippen LogP) is 5.56. The maximum atomic E-state index is 7.46. The average molecular weight is 549 g/mol. The van der Waals surface area contributed by atoms with Gasteiger partial charge in [0.2, 0.25) is 0 Å². The van der Waals surface area contributed by atoms with E-state index < -0.39 is 14.1 Å². The molecule has 0 N–H and O–H groups in total. The van der Waals surface area contributed by atoms with Gasteiger partial charge in [-0.25, -0.2) is 0 Å². The van der Waals surface area contributed by atoms with Crippen LogP contribution < -0.4 is 10.4 Å². The average Bonchev–Trinajstić information content (AvgIpc) is 3.15. The first-order valence-electron chi connectivity index (χ1n) is 11.1. The van der Waals surface area contributed by atoms with E-state index in [9.17, 15) is 0 Å². The Morgan fingerprint density at radius 1 is 0.935 bits per heavy atom. The summed E-state index contributed by atoms with van der Waals surface area (Å²) < 4.78 is 21.5. The van der Waals surface area contributed by atoms with Gasteiger partial charge in [-0.15, -0.1) is 0 Å². The highest BCUT2D eigenvalue weighted by Gasteiger charge is 2.58. The lowest BCUT2D eigenvalue weighted by atomic mass is 10.1. The van der Waals surface area contributed by atoms with Crippen LogP contribution in [0.4, 0.5) is 0 Å². The molecule has 0 saturated carbocycles. The summed E-state index contributed by atoms with van der Waals surface area (Å²) >= 11 is 2.48. The number of halogens is 1. The molecule has 1 fully saturated rings. The van der Waals surface area contributed by atoms with E-state index in [0.717, 1.165) is 6.42 Å². The Balaban J connectivity index is 1.89. The van der Waals surface area contributed by atoms with Crippen molar-refractivity contribution in [3.8, 4) is 0 Å². The van der Waals surface area contributed by atoms with E-state index in [-0.39, 0.29) is 23.4 Å². The molecule has 0 amide bonds. The molecule has 166 valence electrons. The number of hydrogen-bond donors (Lipinski definition) is 0. The molecule has 0 aromatic heterocycles. The molecular weight excluding hydrogens is 515 g/mol. The molecule has 1 aliphatic carbocycles. The van der Waals surface area contributed by atoms with Crippen LogP contribution in [-0.4, -0.2) is 32.4 Å². The molecule has 0 bridgehead atoms. The maximum absolute atomic E-state index is 7.46. The zero-order valence-electron chi connectivity index (χ0n) is 19.3. The fourth-order valence-electron chi connectivity index (χ4n) is 5.11. The quantitative estimate of drug-likeness (QED) is 0.362. The van der Waals surface area contributed by atoms with Gasteiger partial charge in [-0.1, -0.05) is 88.4 Å². The van der Waals surface area contributed by atoms with Crippen LogP contribution in [0, 0.1) is 0 Å². The number of ether oxygens (including phenoxy) is 2. The molecule has 2 aliphatic rings. The fourth-order valence-corrected chi connectivity index (χ4v) is 11.2. The first kappa shape index (κ1) is 23.2. The van der Waals surface area contributed by atoms with Crippen LogP contribution in [0.25, 0.3) is 0 Å². The number of benzene rings is 2. The van der Waals surface area contributed by atoms with Gasteiger partial charge in [0.25, 0.3) is 8.32 Å². The lowest BCUT2D eigenvalue weighted by molar-refractivity contribution is -0.152. The molecule has 2 aromatic rings. The smallest absolute Gasteiger partial charge is 0.262 e. The summed E-state index contributed by atoms with van der Waals surface area (Å²) in [5.74, 6) is -0.597. The Bertz CT molecular complexity index is 910. The summed E-state index contributed by atoms with van der Waals surface area (Å²) in [5, 5.41) is 2.50. The lowest BCUT2D eigenvalue weighted by Gasteiger charge is -2.45. The summed E-state index contributed by atoms with van der Waals surface area (Å²) in [4.78, 5) is 0. The summed E-state index contributed by atoms with van der Waals surface area (Å²) in [6, 6.07) is 21.6. The van der Waals surface area contributed by atoms with Crippen LogP contribution in [-0.2, 0) is 13.9 Å². The van der Waals surface area contributed by atoms with Crippen molar-refractivity contribution in [2.24, 2.45) is 0 Å². The minimum Gasteiger partial charge on any atom is -0.397 e. The summed E-state index contributed by atoms with van der Waals surface area (Å²) in [5.41, 5.74) is 1.32. The monoisotopic (exact) mass is 548 g/mol. The van der Waals surface area contributed by atoms with E-state index in [1.807, 2.05) is 13.8 Å². The van der Waals surface area contributed by atoms with Crippen LogP contribution in [0.2, 0.25) is 5.04 Å². The topological polar surface area (TPSA) is 27.7 Å². The van der Waals surface area contributed by atoms with Crippen molar-refractivity contribution >= 4 is 41.3 Å². The molecule has 3 atom stereocenters. The van der Waals surface area contributed by atoms with Crippen LogP contribution in [0.1, 0.15) is 48.0 Å². The Morgan fingerprint density at radius 2 is 1.45 bits per heavy atom. The third kappa shape index (κ3) is 3.97. The molecule has 2 aromatic carbocycles. The van der Waals surface area contributed by atoms with Crippen molar-refractivity contribution in [1.29, 1.82) is 0 Å². The van der Waals surface area contributed by atoms with Gasteiger partial charge in [-0.2, -0.15) is 0 Å². The fraction of sp³-hybridized carbons (Fsp3) is 0.462. The van der Waals surface area contributed by atoms with Crippen molar-refractivity contribution in [3.63, 3.8) is 0 Å². The van der Waals surface area contributed by atoms with Crippen LogP contribution in [0.3, 0.4) is 0 Å². The molecule has 0 radical (unpaired) electrons.